The third kappa shape index (κ3) is 7.89. The number of ether oxygens (including phenoxy) is 1. The molecule has 2 N–H and O–H groups in total. The maximum absolute atomic E-state index is 6.06. The number of hydrogen-bond donors (Lipinski definition) is 2. The lowest BCUT2D eigenvalue weighted by molar-refractivity contribution is 0.0468. The number of guanidine groups is 1. The molecule has 0 spiro atoms. The minimum absolute atomic E-state index is 0.205. The number of nitrogens with zero attached hydrogens (tertiary/aromatic N) is 4. The van der Waals surface area contributed by atoms with E-state index in [9.17, 15) is 0 Å². The molecule has 1 aromatic rings. The Morgan fingerprint density at radius 1 is 1.30 bits per heavy atom. The Morgan fingerprint density at radius 2 is 2.04 bits per heavy atom. The van der Waals surface area contributed by atoms with Crippen molar-refractivity contribution >= 4 is 5.96 Å². The fourth-order valence-electron chi connectivity index (χ4n) is 3.50. The Bertz CT molecular complexity index is 548. The Balaban J connectivity index is 1.81. The van der Waals surface area contributed by atoms with Crippen LogP contribution in [0.25, 0.3) is 0 Å². The van der Waals surface area contributed by atoms with Gasteiger partial charge in [0.05, 0.1) is 31.5 Å². The summed E-state index contributed by atoms with van der Waals surface area (Å²) in [7, 11) is 6.10. The molecular weight excluding hydrogens is 340 g/mol. The van der Waals surface area contributed by atoms with Gasteiger partial charge in [-0.3, -0.25) is 9.67 Å². The summed E-state index contributed by atoms with van der Waals surface area (Å²) >= 11 is 0. The number of rotatable bonds is 9. The molecule has 0 saturated heterocycles. The molecule has 154 valence electrons. The average Bonchev–Trinajstić information content (AvgIpc) is 2.90. The molecule has 1 heterocycles. The number of nitrogens with one attached hydrogen (secondary N) is 2. The fraction of sp³-hybridized carbons (Fsp3) is 0.800. The first-order chi connectivity index (χ1) is 13.1. The van der Waals surface area contributed by atoms with Crippen molar-refractivity contribution in [3.8, 4) is 0 Å². The van der Waals surface area contributed by atoms with Gasteiger partial charge in [-0.1, -0.05) is 25.7 Å². The van der Waals surface area contributed by atoms with Crippen molar-refractivity contribution in [1.29, 1.82) is 0 Å². The Morgan fingerprint density at radius 3 is 2.63 bits per heavy atom. The SMILES string of the molecule is CCNC(=NCC(c1cnn(C)c1)N(C)C)NCCOC1CCCCCC1. The Labute approximate surface area is 164 Å². The van der Waals surface area contributed by atoms with Crippen LogP contribution in [0.5, 0.6) is 0 Å². The van der Waals surface area contributed by atoms with E-state index >= 15 is 0 Å². The summed E-state index contributed by atoms with van der Waals surface area (Å²) in [6.07, 6.45) is 12.2. The van der Waals surface area contributed by atoms with Crippen LogP contribution in [0.1, 0.15) is 57.1 Å². The van der Waals surface area contributed by atoms with E-state index in [1.54, 1.807) is 0 Å². The summed E-state index contributed by atoms with van der Waals surface area (Å²) in [6.45, 7) is 5.12. The molecular formula is C20H38N6O. The minimum Gasteiger partial charge on any atom is -0.376 e. The fourth-order valence-corrected chi connectivity index (χ4v) is 3.50. The molecule has 1 aromatic heterocycles. The number of aliphatic imine (C=N–C) groups is 1. The summed E-state index contributed by atoms with van der Waals surface area (Å²) in [5.41, 5.74) is 1.18. The first-order valence-electron chi connectivity index (χ1n) is 10.4. The van der Waals surface area contributed by atoms with E-state index in [1.165, 1.54) is 44.1 Å². The lowest BCUT2D eigenvalue weighted by Crippen LogP contribution is -2.40. The second kappa shape index (κ2) is 12.0. The second-order valence-electron chi connectivity index (χ2n) is 7.56. The van der Waals surface area contributed by atoms with Crippen molar-refractivity contribution in [2.24, 2.45) is 12.0 Å². The molecule has 0 bridgehead atoms. The molecule has 27 heavy (non-hydrogen) atoms. The van der Waals surface area contributed by atoms with Gasteiger partial charge in [0.2, 0.25) is 0 Å². The second-order valence-corrected chi connectivity index (χ2v) is 7.56. The van der Waals surface area contributed by atoms with E-state index in [0.29, 0.717) is 12.6 Å². The molecule has 2 rings (SSSR count). The summed E-state index contributed by atoms with van der Waals surface area (Å²) in [6, 6.07) is 0.205. The topological polar surface area (TPSA) is 66.7 Å². The third-order valence-electron chi connectivity index (χ3n) is 5.05. The zero-order valence-corrected chi connectivity index (χ0v) is 17.6. The van der Waals surface area contributed by atoms with Gasteiger partial charge in [-0.15, -0.1) is 0 Å². The molecule has 1 fully saturated rings. The van der Waals surface area contributed by atoms with E-state index in [4.69, 9.17) is 9.73 Å². The third-order valence-corrected chi connectivity index (χ3v) is 5.05. The zero-order chi connectivity index (χ0) is 19.5. The Kier molecular flexibility index (Phi) is 9.62. The van der Waals surface area contributed by atoms with Crippen molar-refractivity contribution in [3.05, 3.63) is 18.0 Å². The molecule has 0 aliphatic heterocycles. The molecule has 7 nitrogen and oxygen atoms in total. The highest BCUT2D eigenvalue weighted by Crippen LogP contribution is 2.19. The zero-order valence-electron chi connectivity index (χ0n) is 17.6. The molecule has 7 heteroatoms. The van der Waals surface area contributed by atoms with Crippen molar-refractivity contribution in [2.75, 3.05) is 40.3 Å². The van der Waals surface area contributed by atoms with Gasteiger partial charge in [0, 0.05) is 31.9 Å². The summed E-state index contributed by atoms with van der Waals surface area (Å²) in [5.74, 6) is 0.845. The summed E-state index contributed by atoms with van der Waals surface area (Å²) in [4.78, 5) is 6.96. The van der Waals surface area contributed by atoms with E-state index in [1.807, 2.05) is 17.9 Å². The lowest BCUT2D eigenvalue weighted by atomic mass is 10.1. The monoisotopic (exact) mass is 378 g/mol. The normalized spacial score (nSPS) is 17.7. The van der Waals surface area contributed by atoms with Crippen molar-refractivity contribution in [1.82, 2.24) is 25.3 Å². The Hall–Kier alpha value is -1.60. The summed E-state index contributed by atoms with van der Waals surface area (Å²) < 4.78 is 7.90. The van der Waals surface area contributed by atoms with Crippen LogP contribution in [0, 0.1) is 0 Å². The minimum atomic E-state index is 0.205. The van der Waals surface area contributed by atoms with Crippen LogP contribution in [0.3, 0.4) is 0 Å². The van der Waals surface area contributed by atoms with Gasteiger partial charge in [-0.05, 0) is 33.9 Å². The quantitative estimate of drug-likeness (QED) is 0.299. The van der Waals surface area contributed by atoms with E-state index < -0.39 is 0 Å². The van der Waals surface area contributed by atoms with Gasteiger partial charge in [0.15, 0.2) is 5.96 Å². The van der Waals surface area contributed by atoms with Crippen LogP contribution in [-0.4, -0.2) is 67.1 Å². The van der Waals surface area contributed by atoms with Gasteiger partial charge in [-0.25, -0.2) is 0 Å². The molecule has 1 unspecified atom stereocenters. The predicted molar refractivity (Wildman–Crippen MR) is 111 cm³/mol. The molecule has 1 atom stereocenters. The van der Waals surface area contributed by atoms with Gasteiger partial charge >= 0.3 is 0 Å². The highest BCUT2D eigenvalue weighted by molar-refractivity contribution is 5.79. The number of hydrogen-bond acceptors (Lipinski definition) is 4. The van der Waals surface area contributed by atoms with Crippen LogP contribution >= 0.6 is 0 Å². The highest BCUT2D eigenvalue weighted by atomic mass is 16.5. The van der Waals surface area contributed by atoms with Crippen molar-refractivity contribution in [3.63, 3.8) is 0 Å². The number of aromatic nitrogens is 2. The lowest BCUT2D eigenvalue weighted by Gasteiger charge is -2.22. The van der Waals surface area contributed by atoms with Crippen LogP contribution in [0.2, 0.25) is 0 Å². The largest absolute Gasteiger partial charge is 0.376 e. The van der Waals surface area contributed by atoms with Crippen LogP contribution in [0.15, 0.2) is 17.4 Å². The standard InChI is InChI=1S/C20H38N6O/c1-5-21-20(22-12-13-27-18-10-8-6-7-9-11-18)23-15-19(25(2)3)17-14-24-26(4)16-17/h14,16,18-19H,5-13,15H2,1-4H3,(H2,21,22,23). The molecule has 1 aliphatic rings. The molecule has 0 radical (unpaired) electrons. The van der Waals surface area contributed by atoms with Crippen molar-refractivity contribution < 1.29 is 4.74 Å². The van der Waals surface area contributed by atoms with E-state index in [0.717, 1.165) is 25.7 Å². The van der Waals surface area contributed by atoms with E-state index in [-0.39, 0.29) is 6.04 Å². The van der Waals surface area contributed by atoms with Gasteiger partial charge in [0.1, 0.15) is 0 Å². The smallest absolute Gasteiger partial charge is 0.191 e. The van der Waals surface area contributed by atoms with Gasteiger partial charge in [-0.2, -0.15) is 5.10 Å². The van der Waals surface area contributed by atoms with Gasteiger partial charge < -0.3 is 20.3 Å². The first-order valence-corrected chi connectivity index (χ1v) is 10.4. The van der Waals surface area contributed by atoms with Crippen LogP contribution < -0.4 is 10.6 Å². The van der Waals surface area contributed by atoms with Crippen molar-refractivity contribution in [2.45, 2.75) is 57.6 Å². The highest BCUT2D eigenvalue weighted by Gasteiger charge is 2.16. The predicted octanol–water partition coefficient (Wildman–Crippen LogP) is 2.32. The maximum Gasteiger partial charge on any atom is 0.191 e. The number of aryl methyl sites for hydroxylation is 1. The molecule has 0 aromatic carbocycles. The average molecular weight is 379 g/mol. The first kappa shape index (κ1) is 21.7. The van der Waals surface area contributed by atoms with Gasteiger partial charge in [0.25, 0.3) is 0 Å². The molecule has 1 saturated carbocycles. The summed E-state index contributed by atoms with van der Waals surface area (Å²) in [5, 5.41) is 11.0. The molecule has 0 amide bonds. The molecule has 1 aliphatic carbocycles. The van der Waals surface area contributed by atoms with Crippen LogP contribution in [0.4, 0.5) is 0 Å². The number of likely N-dealkylation sites (N-methyl/N-ethyl adjacent to an activating group) is 1. The maximum atomic E-state index is 6.06. The van der Waals surface area contributed by atoms with Crippen LogP contribution in [-0.2, 0) is 11.8 Å². The van der Waals surface area contributed by atoms with E-state index in [2.05, 4.69) is 47.8 Å².